The van der Waals surface area contributed by atoms with E-state index < -0.39 is 29.0 Å². The van der Waals surface area contributed by atoms with E-state index in [1.54, 1.807) is 11.6 Å². The summed E-state index contributed by atoms with van der Waals surface area (Å²) in [4.78, 5) is 17.3. The van der Waals surface area contributed by atoms with Crippen molar-refractivity contribution in [1.82, 2.24) is 4.57 Å². The molecule has 0 saturated carbocycles. The largest absolute Gasteiger partial charge is 0.419 e. The molecule has 0 fully saturated rings. The van der Waals surface area contributed by atoms with Crippen LogP contribution >= 0.6 is 11.3 Å². The summed E-state index contributed by atoms with van der Waals surface area (Å²) in [6.07, 6.45) is -4.87. The van der Waals surface area contributed by atoms with Crippen molar-refractivity contribution in [2.45, 2.75) is 32.9 Å². The maximum Gasteiger partial charge on any atom is 0.419 e. The predicted octanol–water partition coefficient (Wildman–Crippen LogP) is 4.42. The van der Waals surface area contributed by atoms with Crippen LogP contribution < -0.4 is 4.80 Å². The van der Waals surface area contributed by atoms with Crippen LogP contribution in [0.15, 0.2) is 23.2 Å². The van der Waals surface area contributed by atoms with Gasteiger partial charge in [-0.2, -0.15) is 18.2 Å². The molecule has 0 bridgehead atoms. The Morgan fingerprint density at radius 2 is 1.92 bits per heavy atom. The summed E-state index contributed by atoms with van der Waals surface area (Å²) in [7, 11) is 1.70. The van der Waals surface area contributed by atoms with Gasteiger partial charge in [-0.05, 0) is 25.0 Å². The number of halogens is 4. The quantitative estimate of drug-likeness (QED) is 0.730. The number of aromatic nitrogens is 1. The van der Waals surface area contributed by atoms with E-state index in [9.17, 15) is 22.4 Å². The van der Waals surface area contributed by atoms with Crippen LogP contribution in [0.25, 0.3) is 0 Å². The summed E-state index contributed by atoms with van der Waals surface area (Å²) in [5, 5.41) is 0. The fraction of sp³-hybridized carbons (Fsp3) is 0.375. The molecule has 0 unspecified atom stereocenters. The number of hydrogen-bond donors (Lipinski definition) is 0. The summed E-state index contributed by atoms with van der Waals surface area (Å²) in [6, 6.07) is 2.59. The Morgan fingerprint density at radius 1 is 1.29 bits per heavy atom. The molecular formula is C16H16F4N2OS. The van der Waals surface area contributed by atoms with Gasteiger partial charge in [0.15, 0.2) is 4.80 Å². The van der Waals surface area contributed by atoms with Gasteiger partial charge in [0.25, 0.3) is 5.91 Å². The Morgan fingerprint density at radius 3 is 2.42 bits per heavy atom. The smallest absolute Gasteiger partial charge is 0.324 e. The van der Waals surface area contributed by atoms with Crippen LogP contribution in [0.5, 0.6) is 0 Å². The van der Waals surface area contributed by atoms with Gasteiger partial charge < -0.3 is 4.57 Å². The SMILES string of the molecule is Cc1c(C(C)C)s/c(=N\C(=O)c2cccc(C(F)(F)F)c2F)n1C. The minimum absolute atomic E-state index is 0.213. The van der Waals surface area contributed by atoms with Gasteiger partial charge in [0.1, 0.15) is 5.82 Å². The van der Waals surface area contributed by atoms with Gasteiger partial charge in [-0.3, -0.25) is 4.79 Å². The van der Waals surface area contributed by atoms with Crippen LogP contribution in [0.3, 0.4) is 0 Å². The number of alkyl halides is 3. The summed E-state index contributed by atoms with van der Waals surface area (Å²) in [5.74, 6) is -2.42. The highest BCUT2D eigenvalue weighted by molar-refractivity contribution is 7.09. The van der Waals surface area contributed by atoms with Crippen molar-refractivity contribution in [3.8, 4) is 0 Å². The lowest BCUT2D eigenvalue weighted by molar-refractivity contribution is -0.140. The first-order valence-electron chi connectivity index (χ1n) is 7.15. The molecule has 3 nitrogen and oxygen atoms in total. The van der Waals surface area contributed by atoms with Gasteiger partial charge in [0.05, 0.1) is 11.1 Å². The van der Waals surface area contributed by atoms with Gasteiger partial charge in [-0.1, -0.05) is 19.9 Å². The number of nitrogens with zero attached hydrogens (tertiary/aromatic N) is 2. The van der Waals surface area contributed by atoms with Gasteiger partial charge in [-0.25, -0.2) is 4.39 Å². The highest BCUT2D eigenvalue weighted by Gasteiger charge is 2.35. The van der Waals surface area contributed by atoms with Crippen molar-refractivity contribution in [3.63, 3.8) is 0 Å². The maximum absolute atomic E-state index is 14.0. The summed E-state index contributed by atoms with van der Waals surface area (Å²) >= 11 is 1.26. The monoisotopic (exact) mass is 360 g/mol. The van der Waals surface area contributed by atoms with Crippen molar-refractivity contribution in [2.75, 3.05) is 0 Å². The number of rotatable bonds is 2. The second-order valence-electron chi connectivity index (χ2n) is 5.63. The molecule has 2 rings (SSSR count). The molecule has 0 atom stereocenters. The number of carbonyl (C=O) groups excluding carboxylic acids is 1. The second kappa shape index (κ2) is 6.51. The average Bonchev–Trinajstić information content (AvgIpc) is 2.74. The van der Waals surface area contributed by atoms with E-state index in [-0.39, 0.29) is 5.92 Å². The fourth-order valence-electron chi connectivity index (χ4n) is 2.25. The molecule has 0 spiro atoms. The van der Waals surface area contributed by atoms with Crippen molar-refractivity contribution in [2.24, 2.45) is 12.0 Å². The third kappa shape index (κ3) is 3.43. The fourth-order valence-corrected chi connectivity index (χ4v) is 3.37. The highest BCUT2D eigenvalue weighted by atomic mass is 32.1. The minimum atomic E-state index is -4.87. The Balaban J connectivity index is 2.54. The summed E-state index contributed by atoms with van der Waals surface area (Å²) in [6.45, 7) is 5.83. The van der Waals surface area contributed by atoms with E-state index in [1.807, 2.05) is 20.8 Å². The second-order valence-corrected chi connectivity index (χ2v) is 6.64. The number of amides is 1. The molecule has 1 heterocycles. The Kier molecular flexibility index (Phi) is 4.98. The lowest BCUT2D eigenvalue weighted by Gasteiger charge is -2.09. The molecule has 0 aliphatic heterocycles. The van der Waals surface area contributed by atoms with Gasteiger partial charge in [0.2, 0.25) is 0 Å². The molecule has 1 aromatic carbocycles. The molecule has 8 heteroatoms. The van der Waals surface area contributed by atoms with Crippen LogP contribution in [-0.2, 0) is 13.2 Å². The van der Waals surface area contributed by atoms with Crippen molar-refractivity contribution in [1.29, 1.82) is 0 Å². The molecule has 0 N–H and O–H groups in total. The first-order chi connectivity index (χ1) is 11.0. The maximum atomic E-state index is 14.0. The van der Waals surface area contributed by atoms with Gasteiger partial charge in [0, 0.05) is 17.6 Å². The number of hydrogen-bond acceptors (Lipinski definition) is 2. The van der Waals surface area contributed by atoms with Gasteiger partial charge in [-0.15, -0.1) is 11.3 Å². The van der Waals surface area contributed by atoms with Crippen molar-refractivity contribution >= 4 is 17.2 Å². The molecule has 24 heavy (non-hydrogen) atoms. The van der Waals surface area contributed by atoms with Crippen molar-refractivity contribution < 1.29 is 22.4 Å². The zero-order chi connectivity index (χ0) is 18.2. The summed E-state index contributed by atoms with van der Waals surface area (Å²) < 4.78 is 53.9. The molecule has 1 aromatic heterocycles. The van der Waals surface area contributed by atoms with E-state index in [1.165, 1.54) is 11.3 Å². The Labute approximate surface area is 140 Å². The average molecular weight is 360 g/mol. The van der Waals surface area contributed by atoms with E-state index in [0.29, 0.717) is 10.9 Å². The lowest BCUT2D eigenvalue weighted by atomic mass is 10.1. The molecule has 130 valence electrons. The van der Waals surface area contributed by atoms with Gasteiger partial charge >= 0.3 is 6.18 Å². The Bertz CT molecular complexity index is 847. The first kappa shape index (κ1) is 18.4. The number of thiazole rings is 1. The Hall–Kier alpha value is -1.96. The van der Waals surface area contributed by atoms with Crippen LogP contribution in [0.1, 0.15) is 46.3 Å². The molecule has 2 aromatic rings. The highest BCUT2D eigenvalue weighted by Crippen LogP contribution is 2.32. The minimum Gasteiger partial charge on any atom is -0.324 e. The number of carbonyl (C=O) groups is 1. The van der Waals surface area contributed by atoms with Crippen LogP contribution in [0.4, 0.5) is 17.6 Å². The van der Waals surface area contributed by atoms with E-state index in [4.69, 9.17) is 0 Å². The topological polar surface area (TPSA) is 34.4 Å². The predicted molar refractivity (Wildman–Crippen MR) is 83.4 cm³/mol. The molecule has 0 aliphatic rings. The van der Waals surface area contributed by atoms with Crippen LogP contribution in [0.2, 0.25) is 0 Å². The number of benzene rings is 1. The molecule has 1 amide bonds. The summed E-state index contributed by atoms with van der Waals surface area (Å²) in [5.41, 5.74) is -1.26. The van der Waals surface area contributed by atoms with E-state index in [2.05, 4.69) is 4.99 Å². The molecule has 0 radical (unpaired) electrons. The normalized spacial score (nSPS) is 13.0. The molecule has 0 saturated heterocycles. The third-order valence-electron chi connectivity index (χ3n) is 3.60. The van der Waals surface area contributed by atoms with Crippen molar-refractivity contribution in [3.05, 3.63) is 50.5 Å². The first-order valence-corrected chi connectivity index (χ1v) is 7.96. The van der Waals surface area contributed by atoms with E-state index >= 15 is 0 Å². The zero-order valence-corrected chi connectivity index (χ0v) is 14.3. The third-order valence-corrected chi connectivity index (χ3v) is 5.14. The standard InChI is InChI=1S/C16H16F4N2OS/c1-8(2)13-9(3)22(4)15(24-13)21-14(23)10-6-5-7-11(12(10)17)16(18,19)20/h5-8H,1-4H3/b21-15-. The van der Waals surface area contributed by atoms with E-state index in [0.717, 1.165) is 22.7 Å². The molecular weight excluding hydrogens is 344 g/mol. The van der Waals surface area contributed by atoms with Crippen LogP contribution in [0, 0.1) is 12.7 Å². The lowest BCUT2D eigenvalue weighted by Crippen LogP contribution is -2.16. The molecule has 0 aliphatic carbocycles. The van der Waals surface area contributed by atoms with Crippen LogP contribution in [-0.4, -0.2) is 10.5 Å². The zero-order valence-electron chi connectivity index (χ0n) is 13.5.